The van der Waals surface area contributed by atoms with Gasteiger partial charge in [-0.15, -0.1) is 0 Å². The maximum Gasteiger partial charge on any atom is 0.410 e. The van der Waals surface area contributed by atoms with Crippen molar-refractivity contribution in [2.75, 3.05) is 25.5 Å². The number of carbonyl (C=O) groups excluding carboxylic acids is 1. The lowest BCUT2D eigenvalue weighted by atomic mass is 10.2. The van der Waals surface area contributed by atoms with Gasteiger partial charge in [0.2, 0.25) is 0 Å². The van der Waals surface area contributed by atoms with Gasteiger partial charge in [-0.25, -0.2) is 4.79 Å². The highest BCUT2D eigenvalue weighted by Gasteiger charge is 2.34. The van der Waals surface area contributed by atoms with Crippen LogP contribution in [-0.2, 0) is 4.74 Å². The summed E-state index contributed by atoms with van der Waals surface area (Å²) in [5, 5.41) is 3.02. The topological polar surface area (TPSA) is 89.2 Å². The Bertz CT molecular complexity index is 604. The molecule has 25 heavy (non-hydrogen) atoms. The minimum Gasteiger partial charge on any atom is -0.497 e. The average Bonchev–Trinajstić information content (AvgIpc) is 3.35. The van der Waals surface area contributed by atoms with Gasteiger partial charge in [0.25, 0.3) is 0 Å². The molecule has 138 valence electrons. The van der Waals surface area contributed by atoms with Crippen LogP contribution in [0.4, 0.5) is 10.5 Å². The molecule has 0 atom stereocenters. The average molecular weight is 348 g/mol. The fourth-order valence-electron chi connectivity index (χ4n) is 2.27. The molecular weight excluding hydrogens is 320 g/mol. The van der Waals surface area contributed by atoms with E-state index in [0.717, 1.165) is 24.3 Å². The number of amides is 1. The van der Waals surface area contributed by atoms with Crippen molar-refractivity contribution in [1.82, 2.24) is 4.90 Å². The number of rotatable bonds is 6. The van der Waals surface area contributed by atoms with Gasteiger partial charge in [0, 0.05) is 18.3 Å². The van der Waals surface area contributed by atoms with Crippen LogP contribution in [0.1, 0.15) is 33.6 Å². The first-order valence-corrected chi connectivity index (χ1v) is 8.49. The van der Waals surface area contributed by atoms with Crippen LogP contribution in [0.25, 0.3) is 0 Å². The molecule has 7 heteroatoms. The highest BCUT2D eigenvalue weighted by atomic mass is 16.6. The van der Waals surface area contributed by atoms with Crippen molar-refractivity contribution >= 4 is 17.7 Å². The van der Waals surface area contributed by atoms with Gasteiger partial charge in [-0.3, -0.25) is 4.99 Å². The van der Waals surface area contributed by atoms with Crippen LogP contribution in [-0.4, -0.2) is 48.8 Å². The third-order valence-corrected chi connectivity index (χ3v) is 3.60. The Morgan fingerprint density at radius 3 is 2.48 bits per heavy atom. The maximum absolute atomic E-state index is 12.3. The molecule has 0 bridgehead atoms. The monoisotopic (exact) mass is 348 g/mol. The van der Waals surface area contributed by atoms with E-state index in [9.17, 15) is 4.79 Å². The van der Waals surface area contributed by atoms with Crippen LogP contribution in [0.3, 0.4) is 0 Å². The zero-order valence-electron chi connectivity index (χ0n) is 15.4. The van der Waals surface area contributed by atoms with Crippen molar-refractivity contribution in [2.45, 2.75) is 45.3 Å². The van der Waals surface area contributed by atoms with Crippen LogP contribution in [0, 0.1) is 0 Å². The third-order valence-electron chi connectivity index (χ3n) is 3.60. The molecule has 1 aliphatic rings. The molecule has 0 radical (unpaired) electrons. The van der Waals surface area contributed by atoms with E-state index >= 15 is 0 Å². The van der Waals surface area contributed by atoms with E-state index in [2.05, 4.69) is 10.3 Å². The number of hydrogen-bond donors (Lipinski definition) is 2. The number of nitrogens with zero attached hydrogens (tertiary/aromatic N) is 2. The fraction of sp³-hybridized carbons (Fsp3) is 0.556. The number of ether oxygens (including phenoxy) is 2. The van der Waals surface area contributed by atoms with Gasteiger partial charge in [0.15, 0.2) is 5.96 Å². The van der Waals surface area contributed by atoms with E-state index in [1.165, 1.54) is 0 Å². The summed E-state index contributed by atoms with van der Waals surface area (Å²) in [4.78, 5) is 18.3. The van der Waals surface area contributed by atoms with Crippen LogP contribution >= 0.6 is 0 Å². The number of hydrogen-bond acceptors (Lipinski definition) is 4. The molecule has 0 aromatic heterocycles. The van der Waals surface area contributed by atoms with Gasteiger partial charge in [-0.2, -0.15) is 0 Å². The smallest absolute Gasteiger partial charge is 0.410 e. The highest BCUT2D eigenvalue weighted by molar-refractivity contribution is 5.92. The standard InChI is InChI=1S/C18H28N4O3/c1-18(2,3)25-17(23)22(14-7-8-14)12-11-20-16(19)21-13-5-9-15(24-4)10-6-13/h5-6,9-10,14H,7-8,11-12H2,1-4H3,(H3,19,20,21). The lowest BCUT2D eigenvalue weighted by molar-refractivity contribution is 0.0240. The third kappa shape index (κ3) is 6.52. The van der Waals surface area contributed by atoms with E-state index in [1.54, 1.807) is 12.0 Å². The number of carbonyl (C=O) groups is 1. The van der Waals surface area contributed by atoms with Crippen molar-refractivity contribution < 1.29 is 14.3 Å². The Hall–Kier alpha value is -2.44. The summed E-state index contributed by atoms with van der Waals surface area (Å²) in [6.07, 6.45) is 1.75. The molecule has 0 heterocycles. The molecule has 1 amide bonds. The first-order chi connectivity index (χ1) is 11.8. The summed E-state index contributed by atoms with van der Waals surface area (Å²) in [7, 11) is 1.62. The second-order valence-corrected chi connectivity index (χ2v) is 7.03. The predicted octanol–water partition coefficient (Wildman–Crippen LogP) is 2.82. The number of aliphatic imine (C=N–C) groups is 1. The first kappa shape index (κ1) is 18.9. The van der Waals surface area contributed by atoms with Crippen molar-refractivity contribution in [3.63, 3.8) is 0 Å². The molecule has 7 nitrogen and oxygen atoms in total. The minimum absolute atomic E-state index is 0.265. The Balaban J connectivity index is 1.85. The number of methoxy groups -OCH3 is 1. The van der Waals surface area contributed by atoms with Crippen molar-refractivity contribution in [3.8, 4) is 5.75 Å². The number of nitrogens with one attached hydrogen (secondary N) is 1. The molecule has 1 aromatic carbocycles. The molecule has 1 aromatic rings. The van der Waals surface area contributed by atoms with Crippen LogP contribution < -0.4 is 15.8 Å². The molecular formula is C18H28N4O3. The van der Waals surface area contributed by atoms with Gasteiger partial charge >= 0.3 is 6.09 Å². The zero-order chi connectivity index (χ0) is 18.4. The van der Waals surface area contributed by atoms with Gasteiger partial charge in [0.1, 0.15) is 11.4 Å². The van der Waals surface area contributed by atoms with Crippen molar-refractivity contribution in [3.05, 3.63) is 24.3 Å². The lowest BCUT2D eigenvalue weighted by Crippen LogP contribution is -2.40. The van der Waals surface area contributed by atoms with E-state index in [1.807, 2.05) is 45.0 Å². The number of guanidine groups is 1. The molecule has 0 spiro atoms. The Morgan fingerprint density at radius 1 is 1.32 bits per heavy atom. The summed E-state index contributed by atoms with van der Waals surface area (Å²) in [5.41, 5.74) is 6.23. The summed E-state index contributed by atoms with van der Waals surface area (Å²) in [6, 6.07) is 7.66. The van der Waals surface area contributed by atoms with Gasteiger partial charge in [-0.05, 0) is 57.9 Å². The summed E-state index contributed by atoms with van der Waals surface area (Å²) in [6.45, 7) is 6.51. The first-order valence-electron chi connectivity index (χ1n) is 8.49. The quantitative estimate of drug-likeness (QED) is 0.609. The summed E-state index contributed by atoms with van der Waals surface area (Å²) < 4.78 is 10.6. The fourth-order valence-corrected chi connectivity index (χ4v) is 2.27. The summed E-state index contributed by atoms with van der Waals surface area (Å²) in [5.74, 6) is 1.09. The van der Waals surface area contributed by atoms with Crippen LogP contribution in [0.15, 0.2) is 29.3 Å². The molecule has 0 unspecified atom stereocenters. The lowest BCUT2D eigenvalue weighted by Gasteiger charge is -2.27. The van der Waals surface area contributed by atoms with Gasteiger partial charge in [0.05, 0.1) is 13.7 Å². The minimum atomic E-state index is -0.498. The Kier molecular flexibility index (Phi) is 6.12. The second-order valence-electron chi connectivity index (χ2n) is 7.03. The molecule has 1 saturated carbocycles. The largest absolute Gasteiger partial charge is 0.497 e. The van der Waals surface area contributed by atoms with Crippen LogP contribution in [0.5, 0.6) is 5.75 Å². The van der Waals surface area contributed by atoms with Crippen molar-refractivity contribution in [2.24, 2.45) is 10.7 Å². The molecule has 3 N–H and O–H groups in total. The molecule has 1 fully saturated rings. The van der Waals surface area contributed by atoms with Crippen molar-refractivity contribution in [1.29, 1.82) is 0 Å². The number of benzene rings is 1. The second kappa shape index (κ2) is 8.09. The van der Waals surface area contributed by atoms with E-state index in [-0.39, 0.29) is 12.1 Å². The summed E-state index contributed by atoms with van der Waals surface area (Å²) >= 11 is 0. The zero-order valence-corrected chi connectivity index (χ0v) is 15.4. The molecule has 2 rings (SSSR count). The predicted molar refractivity (Wildman–Crippen MR) is 99.1 cm³/mol. The normalized spacial score (nSPS) is 14.8. The van der Waals surface area contributed by atoms with E-state index in [0.29, 0.717) is 19.0 Å². The Morgan fingerprint density at radius 2 is 1.96 bits per heavy atom. The highest BCUT2D eigenvalue weighted by Crippen LogP contribution is 2.28. The number of nitrogens with two attached hydrogens (primary N) is 1. The van der Waals surface area contributed by atoms with E-state index < -0.39 is 5.60 Å². The maximum atomic E-state index is 12.3. The molecule has 1 aliphatic carbocycles. The molecule has 0 aliphatic heterocycles. The van der Waals surface area contributed by atoms with Gasteiger partial charge in [-0.1, -0.05) is 0 Å². The van der Waals surface area contributed by atoms with E-state index in [4.69, 9.17) is 15.2 Å². The molecule has 0 saturated heterocycles. The SMILES string of the molecule is COc1ccc(NC(N)=NCCN(C(=O)OC(C)(C)C)C2CC2)cc1. The van der Waals surface area contributed by atoms with Gasteiger partial charge < -0.3 is 25.4 Å². The Labute approximate surface area is 149 Å². The van der Waals surface area contributed by atoms with Crippen LogP contribution in [0.2, 0.25) is 0 Å². The number of anilines is 1.